The Morgan fingerprint density at radius 1 is 0.857 bits per heavy atom. The standard InChI is InChI=1S/C41H31BrClNO5/c1-22-12-14-26(19-33(22)43)44-39(48)28-16-15-27-30(36(28)40(44)49)20-32-38(47)29(23-8-4-2-5-9-23)21-35(46)41(32,24-10-6-3-7-11-24)37(27)31-18-25(42)13-17-34(31)45/h2-15,17-19,21,28,30,32,36-37,45H,16,20H2,1H3. The third kappa shape index (κ3) is 4.66. The van der Waals surface area contributed by atoms with Gasteiger partial charge in [-0.25, -0.2) is 4.90 Å². The maximum Gasteiger partial charge on any atom is 0.238 e. The molecule has 0 bridgehead atoms. The number of rotatable bonds is 4. The van der Waals surface area contributed by atoms with Gasteiger partial charge >= 0.3 is 0 Å². The number of aryl methyl sites for hydroxylation is 1. The number of ketones is 2. The molecule has 6 unspecified atom stereocenters. The first-order valence-electron chi connectivity index (χ1n) is 16.4. The van der Waals surface area contributed by atoms with E-state index >= 15 is 4.79 Å². The molecule has 1 saturated heterocycles. The van der Waals surface area contributed by atoms with Gasteiger partial charge in [0.15, 0.2) is 11.6 Å². The van der Waals surface area contributed by atoms with Crippen LogP contribution < -0.4 is 4.90 Å². The Morgan fingerprint density at radius 3 is 2.29 bits per heavy atom. The molecule has 1 saturated carbocycles. The molecule has 0 aromatic heterocycles. The molecule has 4 aromatic carbocycles. The number of hydrogen-bond donors (Lipinski definition) is 1. The van der Waals surface area contributed by atoms with Crippen LogP contribution in [0, 0.1) is 30.6 Å². The van der Waals surface area contributed by atoms with E-state index in [0.717, 1.165) is 11.1 Å². The van der Waals surface area contributed by atoms with Crippen molar-refractivity contribution in [3.8, 4) is 5.75 Å². The lowest BCUT2D eigenvalue weighted by Gasteiger charge is -2.55. The second kappa shape index (κ2) is 11.8. The Kier molecular flexibility index (Phi) is 7.61. The highest BCUT2D eigenvalue weighted by molar-refractivity contribution is 9.10. The van der Waals surface area contributed by atoms with Crippen LogP contribution >= 0.6 is 27.5 Å². The Bertz CT molecular complexity index is 2140. The average molecular weight is 733 g/mol. The fourth-order valence-electron chi connectivity index (χ4n) is 8.95. The molecule has 2 amide bonds. The SMILES string of the molecule is Cc1ccc(N2C(=O)C3CC=C4C(CC5C(=O)C(c6ccccc6)=CC(=O)C5(c5ccccc5)C4c4cc(Br)ccc4O)C3C2=O)cc1Cl. The first kappa shape index (κ1) is 31.7. The van der Waals surface area contributed by atoms with E-state index in [0.29, 0.717) is 37.4 Å². The van der Waals surface area contributed by atoms with Crippen molar-refractivity contribution in [2.24, 2.45) is 23.7 Å². The number of imide groups is 1. The van der Waals surface area contributed by atoms with Crippen LogP contribution in [0.5, 0.6) is 5.75 Å². The van der Waals surface area contributed by atoms with Crippen LogP contribution in [-0.2, 0) is 24.6 Å². The number of hydrogen-bond acceptors (Lipinski definition) is 5. The first-order valence-corrected chi connectivity index (χ1v) is 17.5. The van der Waals surface area contributed by atoms with Crippen LogP contribution in [-0.4, -0.2) is 28.5 Å². The number of Topliss-reactive ketones (excluding diaryl/α,β-unsaturated/α-hetero) is 1. The minimum Gasteiger partial charge on any atom is -0.508 e. The van der Waals surface area contributed by atoms with Crippen LogP contribution in [0.25, 0.3) is 5.57 Å². The first-order chi connectivity index (χ1) is 23.6. The van der Waals surface area contributed by atoms with Crippen LogP contribution in [0.1, 0.15) is 41.0 Å². The maximum absolute atomic E-state index is 15.1. The van der Waals surface area contributed by atoms with Crippen molar-refractivity contribution < 1.29 is 24.3 Å². The normalized spacial score (nSPS) is 27.7. The molecule has 1 aliphatic heterocycles. The summed E-state index contributed by atoms with van der Waals surface area (Å²) in [5, 5.41) is 12.0. The molecule has 1 heterocycles. The second-order valence-corrected chi connectivity index (χ2v) is 14.8. The van der Waals surface area contributed by atoms with E-state index in [9.17, 15) is 19.5 Å². The van der Waals surface area contributed by atoms with Crippen LogP contribution in [0.4, 0.5) is 5.69 Å². The number of fused-ring (bicyclic) bond motifs is 4. The molecule has 49 heavy (non-hydrogen) atoms. The van der Waals surface area contributed by atoms with Gasteiger partial charge in [-0.15, -0.1) is 0 Å². The monoisotopic (exact) mass is 731 g/mol. The summed E-state index contributed by atoms with van der Waals surface area (Å²) in [4.78, 5) is 59.9. The summed E-state index contributed by atoms with van der Waals surface area (Å²) in [6, 6.07) is 28.7. The molecule has 1 N–H and O–H groups in total. The summed E-state index contributed by atoms with van der Waals surface area (Å²) >= 11 is 10.0. The zero-order valence-electron chi connectivity index (χ0n) is 26.5. The minimum atomic E-state index is -1.42. The predicted octanol–water partition coefficient (Wildman–Crippen LogP) is 8.15. The summed E-state index contributed by atoms with van der Waals surface area (Å²) in [5.74, 6) is -4.73. The lowest BCUT2D eigenvalue weighted by atomic mass is 9.44. The summed E-state index contributed by atoms with van der Waals surface area (Å²) in [6.45, 7) is 1.86. The zero-order valence-corrected chi connectivity index (χ0v) is 28.8. The van der Waals surface area contributed by atoms with E-state index in [1.165, 1.54) is 11.0 Å². The van der Waals surface area contributed by atoms with E-state index in [4.69, 9.17) is 11.6 Å². The number of carbonyl (C=O) groups excluding carboxylic acids is 4. The van der Waals surface area contributed by atoms with Gasteiger partial charge in [0.05, 0.1) is 22.9 Å². The fraction of sp³-hybridized carbons (Fsp3) is 0.220. The Balaban J connectivity index is 1.36. The average Bonchev–Trinajstić information content (AvgIpc) is 3.37. The number of anilines is 1. The topological polar surface area (TPSA) is 91.8 Å². The zero-order chi connectivity index (χ0) is 34.2. The van der Waals surface area contributed by atoms with Crippen molar-refractivity contribution in [1.29, 1.82) is 0 Å². The Morgan fingerprint density at radius 2 is 1.57 bits per heavy atom. The molecule has 0 spiro atoms. The van der Waals surface area contributed by atoms with E-state index in [-0.39, 0.29) is 42.0 Å². The molecule has 6 nitrogen and oxygen atoms in total. The van der Waals surface area contributed by atoms with Gasteiger partial charge in [0.1, 0.15) is 5.75 Å². The summed E-state index contributed by atoms with van der Waals surface area (Å²) in [6.07, 6.45) is 3.93. The Hall–Kier alpha value is -4.59. The highest BCUT2D eigenvalue weighted by Gasteiger charge is 2.66. The number of phenolic OH excluding ortho intramolecular Hbond substituents is 1. The number of phenols is 1. The van der Waals surface area contributed by atoms with Crippen LogP contribution in [0.3, 0.4) is 0 Å². The predicted molar refractivity (Wildman–Crippen MR) is 191 cm³/mol. The molecule has 8 heteroatoms. The van der Waals surface area contributed by atoms with Gasteiger partial charge < -0.3 is 5.11 Å². The van der Waals surface area contributed by atoms with Gasteiger partial charge in [0.2, 0.25) is 11.8 Å². The van der Waals surface area contributed by atoms with Crippen molar-refractivity contribution in [3.05, 3.63) is 147 Å². The van der Waals surface area contributed by atoms with Crippen molar-refractivity contribution in [2.45, 2.75) is 31.1 Å². The number of nitrogens with zero attached hydrogens (tertiary/aromatic N) is 1. The smallest absolute Gasteiger partial charge is 0.238 e. The maximum atomic E-state index is 15.1. The quantitative estimate of drug-likeness (QED) is 0.169. The lowest BCUT2D eigenvalue weighted by molar-refractivity contribution is -0.135. The molecule has 8 rings (SSSR count). The van der Waals surface area contributed by atoms with Gasteiger partial charge in [0.25, 0.3) is 0 Å². The minimum absolute atomic E-state index is 0.0197. The largest absolute Gasteiger partial charge is 0.508 e. The molecule has 6 atom stereocenters. The Labute approximate surface area is 297 Å². The number of benzene rings is 4. The summed E-state index contributed by atoms with van der Waals surface area (Å²) in [5.41, 5.74) is 2.72. The molecular formula is C41H31BrClNO5. The summed E-state index contributed by atoms with van der Waals surface area (Å²) in [7, 11) is 0. The van der Waals surface area contributed by atoms with Crippen molar-refractivity contribution in [3.63, 3.8) is 0 Å². The van der Waals surface area contributed by atoms with E-state index < -0.39 is 35.0 Å². The number of amides is 2. The van der Waals surface area contributed by atoms with Gasteiger partial charge in [-0.05, 0) is 78.8 Å². The van der Waals surface area contributed by atoms with Crippen molar-refractivity contribution >= 4 is 62.2 Å². The molecular weight excluding hydrogens is 702 g/mol. The molecule has 2 fully saturated rings. The molecule has 244 valence electrons. The van der Waals surface area contributed by atoms with Gasteiger partial charge in [0, 0.05) is 32.5 Å². The van der Waals surface area contributed by atoms with Gasteiger partial charge in [-0.3, -0.25) is 19.2 Å². The van der Waals surface area contributed by atoms with E-state index in [1.54, 1.807) is 36.4 Å². The lowest BCUT2D eigenvalue weighted by Crippen LogP contribution is -2.58. The number of allylic oxidation sites excluding steroid dienone is 4. The molecule has 3 aliphatic carbocycles. The molecule has 4 aromatic rings. The van der Waals surface area contributed by atoms with E-state index in [1.807, 2.05) is 73.7 Å². The third-order valence-corrected chi connectivity index (χ3v) is 12.0. The number of carbonyl (C=O) groups is 4. The van der Waals surface area contributed by atoms with Crippen molar-refractivity contribution in [1.82, 2.24) is 0 Å². The highest BCUT2D eigenvalue weighted by atomic mass is 79.9. The number of aromatic hydroxyl groups is 1. The highest BCUT2D eigenvalue weighted by Crippen LogP contribution is 2.64. The van der Waals surface area contributed by atoms with Gasteiger partial charge in [-0.2, -0.15) is 0 Å². The fourth-order valence-corrected chi connectivity index (χ4v) is 9.50. The van der Waals surface area contributed by atoms with Crippen molar-refractivity contribution in [2.75, 3.05) is 4.90 Å². The second-order valence-electron chi connectivity index (χ2n) is 13.4. The molecule has 4 aliphatic rings. The number of halogens is 2. The third-order valence-electron chi connectivity index (χ3n) is 11.1. The summed E-state index contributed by atoms with van der Waals surface area (Å²) < 4.78 is 0.695. The van der Waals surface area contributed by atoms with Gasteiger partial charge in [-0.1, -0.05) is 106 Å². The van der Waals surface area contributed by atoms with Crippen LogP contribution in [0.2, 0.25) is 5.02 Å². The van der Waals surface area contributed by atoms with E-state index in [2.05, 4.69) is 15.9 Å². The van der Waals surface area contributed by atoms with Crippen LogP contribution in [0.15, 0.2) is 119 Å². The molecule has 0 radical (unpaired) electrons.